The van der Waals surface area contributed by atoms with Gasteiger partial charge >= 0.3 is 5.97 Å². The van der Waals surface area contributed by atoms with E-state index >= 15 is 0 Å². The van der Waals surface area contributed by atoms with Crippen molar-refractivity contribution in [2.75, 3.05) is 17.2 Å². The SMILES string of the molecule is CC(C)c1ccc(COC(=O)CCN2C(=O)CSc3ccccc32)cc1. The Bertz CT molecular complexity index is 786. The summed E-state index contributed by atoms with van der Waals surface area (Å²) in [5, 5.41) is 0. The highest BCUT2D eigenvalue weighted by Gasteiger charge is 2.24. The van der Waals surface area contributed by atoms with E-state index in [9.17, 15) is 9.59 Å². The van der Waals surface area contributed by atoms with E-state index in [2.05, 4.69) is 26.0 Å². The lowest BCUT2D eigenvalue weighted by atomic mass is 10.0. The number of para-hydroxylation sites is 1. The average molecular weight is 369 g/mol. The number of rotatable bonds is 6. The summed E-state index contributed by atoms with van der Waals surface area (Å²) in [5.41, 5.74) is 3.12. The summed E-state index contributed by atoms with van der Waals surface area (Å²) >= 11 is 1.54. The van der Waals surface area contributed by atoms with Gasteiger partial charge in [0.25, 0.3) is 0 Å². The van der Waals surface area contributed by atoms with Gasteiger partial charge in [-0.15, -0.1) is 11.8 Å². The molecule has 0 bridgehead atoms. The molecule has 1 aliphatic rings. The molecular weight excluding hydrogens is 346 g/mol. The Morgan fingerprint density at radius 2 is 1.88 bits per heavy atom. The molecule has 1 aliphatic heterocycles. The average Bonchev–Trinajstić information content (AvgIpc) is 2.66. The van der Waals surface area contributed by atoms with E-state index in [1.807, 2.05) is 36.4 Å². The quantitative estimate of drug-likeness (QED) is 0.709. The third-order valence-corrected chi connectivity index (χ3v) is 5.44. The maximum atomic E-state index is 12.2. The second-order valence-electron chi connectivity index (χ2n) is 6.61. The topological polar surface area (TPSA) is 46.6 Å². The molecule has 0 N–H and O–H groups in total. The van der Waals surface area contributed by atoms with Crippen molar-refractivity contribution >= 4 is 29.3 Å². The zero-order chi connectivity index (χ0) is 18.5. The molecule has 2 aromatic rings. The molecule has 5 heteroatoms. The van der Waals surface area contributed by atoms with E-state index in [-0.39, 0.29) is 24.9 Å². The number of thioether (sulfide) groups is 1. The van der Waals surface area contributed by atoms with E-state index < -0.39 is 0 Å². The van der Waals surface area contributed by atoms with Crippen LogP contribution in [0.1, 0.15) is 37.3 Å². The van der Waals surface area contributed by atoms with Crippen molar-refractivity contribution in [3.63, 3.8) is 0 Å². The lowest BCUT2D eigenvalue weighted by Crippen LogP contribution is -2.37. The molecule has 0 fully saturated rings. The molecule has 0 aromatic heterocycles. The van der Waals surface area contributed by atoms with E-state index in [0.717, 1.165) is 16.1 Å². The molecular formula is C21H23NO3S. The van der Waals surface area contributed by atoms with Gasteiger partial charge < -0.3 is 9.64 Å². The molecule has 0 atom stereocenters. The van der Waals surface area contributed by atoms with Crippen LogP contribution >= 0.6 is 11.8 Å². The first-order valence-electron chi connectivity index (χ1n) is 8.81. The Hall–Kier alpha value is -2.27. The number of fused-ring (bicyclic) bond motifs is 1. The summed E-state index contributed by atoms with van der Waals surface area (Å²) < 4.78 is 5.36. The van der Waals surface area contributed by atoms with Crippen LogP contribution in [0.5, 0.6) is 0 Å². The highest BCUT2D eigenvalue weighted by atomic mass is 32.2. The Morgan fingerprint density at radius 1 is 1.15 bits per heavy atom. The molecule has 0 spiro atoms. The Labute approximate surface area is 158 Å². The van der Waals surface area contributed by atoms with Gasteiger partial charge in [0, 0.05) is 11.4 Å². The monoisotopic (exact) mass is 369 g/mol. The fraction of sp³-hybridized carbons (Fsp3) is 0.333. The van der Waals surface area contributed by atoms with Crippen molar-refractivity contribution in [1.82, 2.24) is 0 Å². The molecule has 26 heavy (non-hydrogen) atoms. The minimum Gasteiger partial charge on any atom is -0.461 e. The molecule has 0 radical (unpaired) electrons. The van der Waals surface area contributed by atoms with Crippen LogP contribution in [0.2, 0.25) is 0 Å². The Balaban J connectivity index is 1.52. The number of nitrogens with zero attached hydrogens (tertiary/aromatic N) is 1. The van der Waals surface area contributed by atoms with Crippen LogP contribution in [0, 0.1) is 0 Å². The van der Waals surface area contributed by atoms with Gasteiger partial charge in [0.2, 0.25) is 5.91 Å². The molecule has 136 valence electrons. The lowest BCUT2D eigenvalue weighted by Gasteiger charge is -2.28. The van der Waals surface area contributed by atoms with Gasteiger partial charge in [-0.05, 0) is 29.2 Å². The number of ether oxygens (including phenoxy) is 1. The lowest BCUT2D eigenvalue weighted by molar-refractivity contribution is -0.144. The van der Waals surface area contributed by atoms with Gasteiger partial charge in [-0.25, -0.2) is 0 Å². The molecule has 0 aliphatic carbocycles. The first-order valence-corrected chi connectivity index (χ1v) is 9.80. The smallest absolute Gasteiger partial charge is 0.307 e. The van der Waals surface area contributed by atoms with Crippen LogP contribution in [0.3, 0.4) is 0 Å². The predicted molar refractivity (Wildman–Crippen MR) is 104 cm³/mol. The van der Waals surface area contributed by atoms with Gasteiger partial charge in [0.1, 0.15) is 6.61 Å². The summed E-state index contributed by atoms with van der Waals surface area (Å²) in [6, 6.07) is 15.9. The molecule has 3 rings (SSSR count). The summed E-state index contributed by atoms with van der Waals surface area (Å²) in [6.07, 6.45) is 0.189. The molecule has 4 nitrogen and oxygen atoms in total. The minimum atomic E-state index is -0.290. The van der Waals surface area contributed by atoms with Crippen LogP contribution in [0.4, 0.5) is 5.69 Å². The van der Waals surface area contributed by atoms with Gasteiger partial charge in [-0.1, -0.05) is 50.2 Å². The molecule has 2 aromatic carbocycles. The number of carbonyl (C=O) groups is 2. The number of carbonyl (C=O) groups excluding carboxylic acids is 2. The summed E-state index contributed by atoms with van der Waals surface area (Å²) in [6.45, 7) is 4.90. The van der Waals surface area contributed by atoms with Crippen molar-refractivity contribution < 1.29 is 14.3 Å². The largest absolute Gasteiger partial charge is 0.461 e. The maximum Gasteiger partial charge on any atom is 0.307 e. The zero-order valence-electron chi connectivity index (χ0n) is 15.1. The third kappa shape index (κ3) is 4.47. The van der Waals surface area contributed by atoms with E-state index in [0.29, 0.717) is 18.2 Å². The second-order valence-corrected chi connectivity index (χ2v) is 7.63. The molecule has 1 heterocycles. The zero-order valence-corrected chi connectivity index (χ0v) is 15.9. The molecule has 1 amide bonds. The highest BCUT2D eigenvalue weighted by Crippen LogP contribution is 2.34. The first kappa shape index (κ1) is 18.5. The van der Waals surface area contributed by atoms with Crippen molar-refractivity contribution in [3.05, 3.63) is 59.7 Å². The number of hydrogen-bond donors (Lipinski definition) is 0. The normalized spacial score (nSPS) is 13.7. The van der Waals surface area contributed by atoms with E-state index in [1.165, 1.54) is 17.3 Å². The van der Waals surface area contributed by atoms with Gasteiger partial charge in [-0.3, -0.25) is 9.59 Å². The Morgan fingerprint density at radius 3 is 2.62 bits per heavy atom. The summed E-state index contributed by atoms with van der Waals surface area (Å²) in [4.78, 5) is 27.0. The van der Waals surface area contributed by atoms with Crippen molar-refractivity contribution in [2.24, 2.45) is 0 Å². The number of benzene rings is 2. The number of amides is 1. The molecule has 0 saturated heterocycles. The molecule has 0 saturated carbocycles. The minimum absolute atomic E-state index is 0.0331. The predicted octanol–water partition coefficient (Wildman–Crippen LogP) is 4.38. The highest BCUT2D eigenvalue weighted by molar-refractivity contribution is 8.00. The summed E-state index contributed by atoms with van der Waals surface area (Å²) in [7, 11) is 0. The standard InChI is InChI=1S/C21H23NO3S/c1-15(2)17-9-7-16(8-10-17)13-25-21(24)11-12-22-18-5-3-4-6-19(18)26-14-20(22)23/h3-10,15H,11-14H2,1-2H3. The van der Waals surface area contributed by atoms with Crippen LogP contribution in [-0.4, -0.2) is 24.2 Å². The van der Waals surface area contributed by atoms with Gasteiger partial charge in [-0.2, -0.15) is 0 Å². The number of esters is 1. The maximum absolute atomic E-state index is 12.2. The fourth-order valence-electron chi connectivity index (χ4n) is 2.84. The number of anilines is 1. The van der Waals surface area contributed by atoms with Crippen molar-refractivity contribution in [3.8, 4) is 0 Å². The Kier molecular flexibility index (Phi) is 5.99. The van der Waals surface area contributed by atoms with Gasteiger partial charge in [0.15, 0.2) is 0 Å². The third-order valence-electron chi connectivity index (χ3n) is 4.39. The number of hydrogen-bond acceptors (Lipinski definition) is 4. The van der Waals surface area contributed by atoms with Crippen LogP contribution in [0.15, 0.2) is 53.4 Å². The van der Waals surface area contributed by atoms with Gasteiger partial charge in [0.05, 0.1) is 17.9 Å². The first-order chi connectivity index (χ1) is 12.5. The van der Waals surface area contributed by atoms with E-state index in [4.69, 9.17) is 4.74 Å². The second kappa shape index (κ2) is 8.41. The molecule has 0 unspecified atom stereocenters. The van der Waals surface area contributed by atoms with E-state index in [1.54, 1.807) is 4.90 Å². The van der Waals surface area contributed by atoms with Crippen LogP contribution in [-0.2, 0) is 20.9 Å². The fourth-order valence-corrected chi connectivity index (χ4v) is 3.77. The van der Waals surface area contributed by atoms with Crippen molar-refractivity contribution in [2.45, 2.75) is 37.7 Å². The van der Waals surface area contributed by atoms with Crippen LogP contribution in [0.25, 0.3) is 0 Å². The summed E-state index contributed by atoms with van der Waals surface area (Å²) in [5.74, 6) is 0.635. The van der Waals surface area contributed by atoms with Crippen LogP contribution < -0.4 is 4.90 Å². The van der Waals surface area contributed by atoms with Crippen molar-refractivity contribution in [1.29, 1.82) is 0 Å².